The summed E-state index contributed by atoms with van der Waals surface area (Å²) in [5.41, 5.74) is 1.06. The number of hydrogen-bond acceptors (Lipinski definition) is 4. The number of aromatic nitrogens is 1. The number of carbonyl (C=O) groups is 1. The van der Waals surface area contributed by atoms with Crippen molar-refractivity contribution < 1.29 is 27.8 Å². The molecule has 0 atom stereocenters. The van der Waals surface area contributed by atoms with Gasteiger partial charge in [0.05, 0.1) is 21.1 Å². The summed E-state index contributed by atoms with van der Waals surface area (Å²) in [6.45, 7) is 0.506. The van der Waals surface area contributed by atoms with Crippen molar-refractivity contribution >= 4 is 43.5 Å². The Morgan fingerprint density at radius 2 is 1.71 bits per heavy atom. The fraction of sp³-hybridized carbons (Fsp3) is 0.143. The quantitative estimate of drug-likeness (QED) is 0.417. The number of amides is 1. The highest BCUT2D eigenvalue weighted by molar-refractivity contribution is 9.11. The Labute approximate surface area is 191 Å². The van der Waals surface area contributed by atoms with Crippen molar-refractivity contribution in [2.45, 2.75) is 6.18 Å². The highest BCUT2D eigenvalue weighted by Gasteiger charge is 2.30. The van der Waals surface area contributed by atoms with E-state index in [2.05, 4.69) is 36.8 Å². The molecule has 0 unspecified atom stereocenters. The summed E-state index contributed by atoms with van der Waals surface area (Å²) in [6, 6.07) is 9.38. The number of carbonyl (C=O) groups excluding carboxylic acids is 1. The Hall–Kier alpha value is -2.59. The predicted octanol–water partition coefficient (Wildman–Crippen LogP) is 6.04. The van der Waals surface area contributed by atoms with Crippen molar-refractivity contribution in [1.29, 1.82) is 0 Å². The molecule has 10 heteroatoms. The molecular weight excluding hydrogens is 545 g/mol. The number of nitrogens with zero attached hydrogens (tertiary/aromatic N) is 2. The standard InChI is InChI=1S/C21H13Br2F3N2O3/c22-15-7-12(8-16(23)18(15)29)20(30)28-5-6-31-19-17(28)9-13(10-27-19)11-1-3-14(4-2-11)21(24,25)26/h1-4,7-10,29H,5-6H2. The first-order valence-corrected chi connectivity index (χ1v) is 10.5. The molecule has 0 fully saturated rings. The molecule has 1 aliphatic rings. The summed E-state index contributed by atoms with van der Waals surface area (Å²) >= 11 is 6.43. The molecule has 4 rings (SSSR count). The van der Waals surface area contributed by atoms with Crippen LogP contribution in [0.3, 0.4) is 0 Å². The zero-order chi connectivity index (χ0) is 22.3. The van der Waals surface area contributed by atoms with Crippen LogP contribution in [0.5, 0.6) is 11.6 Å². The van der Waals surface area contributed by atoms with E-state index in [-0.39, 0.29) is 30.7 Å². The first-order chi connectivity index (χ1) is 14.6. The van der Waals surface area contributed by atoms with E-state index in [9.17, 15) is 23.1 Å². The van der Waals surface area contributed by atoms with Gasteiger partial charge in [0.25, 0.3) is 5.91 Å². The third-order valence-corrected chi connectivity index (χ3v) is 5.94. The van der Waals surface area contributed by atoms with Crippen LogP contribution in [0.25, 0.3) is 11.1 Å². The Kier molecular flexibility index (Phi) is 5.69. The number of fused-ring (bicyclic) bond motifs is 1. The molecule has 1 N–H and O–H groups in total. The highest BCUT2D eigenvalue weighted by Crippen LogP contribution is 2.38. The Bertz CT molecular complexity index is 1140. The van der Waals surface area contributed by atoms with Gasteiger partial charge in [-0.1, -0.05) is 12.1 Å². The second-order valence-corrected chi connectivity index (χ2v) is 8.43. The summed E-state index contributed by atoms with van der Waals surface area (Å²) in [7, 11) is 0. The predicted molar refractivity (Wildman–Crippen MR) is 115 cm³/mol. The van der Waals surface area contributed by atoms with Crippen molar-refractivity contribution in [3.63, 3.8) is 0 Å². The molecule has 5 nitrogen and oxygen atoms in total. The van der Waals surface area contributed by atoms with Crippen molar-refractivity contribution in [3.05, 3.63) is 68.7 Å². The molecule has 0 saturated carbocycles. The first kappa shape index (κ1) is 21.6. The normalized spacial score (nSPS) is 13.5. The molecule has 0 saturated heterocycles. The number of aromatic hydroxyl groups is 1. The lowest BCUT2D eigenvalue weighted by molar-refractivity contribution is -0.137. The van der Waals surface area contributed by atoms with Gasteiger partial charge >= 0.3 is 6.18 Å². The van der Waals surface area contributed by atoms with Gasteiger partial charge < -0.3 is 14.7 Å². The molecular formula is C21H13Br2F3N2O3. The average Bonchev–Trinajstić information content (AvgIpc) is 2.75. The number of pyridine rings is 1. The molecule has 1 amide bonds. The number of halogens is 5. The van der Waals surface area contributed by atoms with Gasteiger partial charge in [0.1, 0.15) is 18.0 Å². The van der Waals surface area contributed by atoms with E-state index >= 15 is 0 Å². The molecule has 1 aromatic heterocycles. The van der Waals surface area contributed by atoms with Crippen LogP contribution in [0.4, 0.5) is 18.9 Å². The molecule has 0 radical (unpaired) electrons. The lowest BCUT2D eigenvalue weighted by Crippen LogP contribution is -2.38. The minimum Gasteiger partial charge on any atom is -0.506 e. The SMILES string of the molecule is O=C(c1cc(Br)c(O)c(Br)c1)N1CCOc2ncc(-c3ccc(C(F)(F)F)cc3)cc21. The topological polar surface area (TPSA) is 62.7 Å². The maximum absolute atomic E-state index is 13.2. The molecule has 3 aromatic rings. The number of benzene rings is 2. The monoisotopic (exact) mass is 556 g/mol. The van der Waals surface area contributed by atoms with Crippen molar-refractivity contribution in [3.8, 4) is 22.8 Å². The number of anilines is 1. The van der Waals surface area contributed by atoms with Crippen LogP contribution in [-0.4, -0.2) is 29.1 Å². The van der Waals surface area contributed by atoms with Crippen LogP contribution in [0.2, 0.25) is 0 Å². The maximum Gasteiger partial charge on any atom is 0.416 e. The van der Waals surface area contributed by atoms with Crippen LogP contribution in [-0.2, 0) is 6.18 Å². The van der Waals surface area contributed by atoms with Gasteiger partial charge in [-0.25, -0.2) is 4.98 Å². The smallest absolute Gasteiger partial charge is 0.416 e. The van der Waals surface area contributed by atoms with Crippen LogP contribution < -0.4 is 9.64 Å². The van der Waals surface area contributed by atoms with E-state index in [1.165, 1.54) is 35.4 Å². The van der Waals surface area contributed by atoms with Crippen molar-refractivity contribution in [1.82, 2.24) is 4.98 Å². The molecule has 0 aliphatic carbocycles. The molecule has 160 valence electrons. The summed E-state index contributed by atoms with van der Waals surface area (Å²) in [4.78, 5) is 18.9. The third kappa shape index (κ3) is 4.27. The minimum absolute atomic E-state index is 0.0230. The lowest BCUT2D eigenvalue weighted by atomic mass is 10.0. The van der Waals surface area contributed by atoms with Gasteiger partial charge in [-0.05, 0) is 67.8 Å². The minimum atomic E-state index is -4.42. The van der Waals surface area contributed by atoms with E-state index < -0.39 is 11.7 Å². The Morgan fingerprint density at radius 1 is 1.06 bits per heavy atom. The van der Waals surface area contributed by atoms with E-state index in [0.29, 0.717) is 31.3 Å². The Balaban J connectivity index is 1.71. The third-order valence-electron chi connectivity index (χ3n) is 4.73. The van der Waals surface area contributed by atoms with E-state index in [1.807, 2.05) is 0 Å². The summed E-state index contributed by atoms with van der Waals surface area (Å²) in [5, 5.41) is 9.89. The summed E-state index contributed by atoms with van der Waals surface area (Å²) < 4.78 is 44.8. The highest BCUT2D eigenvalue weighted by atomic mass is 79.9. The van der Waals surface area contributed by atoms with Crippen LogP contribution in [0.1, 0.15) is 15.9 Å². The molecule has 0 spiro atoms. The summed E-state index contributed by atoms with van der Waals surface area (Å²) in [6.07, 6.45) is -2.93. The van der Waals surface area contributed by atoms with E-state index in [1.54, 1.807) is 6.07 Å². The van der Waals surface area contributed by atoms with Crippen LogP contribution in [0.15, 0.2) is 57.6 Å². The fourth-order valence-electron chi connectivity index (χ4n) is 3.16. The van der Waals surface area contributed by atoms with E-state index in [4.69, 9.17) is 4.74 Å². The van der Waals surface area contributed by atoms with E-state index in [0.717, 1.165) is 12.1 Å². The number of phenolic OH excluding ortho intramolecular Hbond substituents is 1. The van der Waals surface area contributed by atoms with Gasteiger partial charge in [0.15, 0.2) is 0 Å². The number of rotatable bonds is 2. The van der Waals surface area contributed by atoms with Crippen molar-refractivity contribution in [2.24, 2.45) is 0 Å². The number of alkyl halides is 3. The van der Waals surface area contributed by atoms with Gasteiger partial charge in [0.2, 0.25) is 5.88 Å². The number of hydrogen-bond donors (Lipinski definition) is 1. The molecule has 1 aliphatic heterocycles. The Morgan fingerprint density at radius 3 is 2.32 bits per heavy atom. The molecule has 31 heavy (non-hydrogen) atoms. The largest absolute Gasteiger partial charge is 0.506 e. The zero-order valence-corrected chi connectivity index (χ0v) is 18.8. The first-order valence-electron chi connectivity index (χ1n) is 8.95. The molecule has 2 aromatic carbocycles. The zero-order valence-electron chi connectivity index (χ0n) is 15.6. The lowest BCUT2D eigenvalue weighted by Gasteiger charge is -2.29. The van der Waals surface area contributed by atoms with Crippen LogP contribution >= 0.6 is 31.9 Å². The van der Waals surface area contributed by atoms with Crippen LogP contribution in [0, 0.1) is 0 Å². The van der Waals surface area contributed by atoms with Gasteiger partial charge in [-0.3, -0.25) is 4.79 Å². The molecule has 2 heterocycles. The summed E-state index contributed by atoms with van der Waals surface area (Å²) in [5.74, 6) is -0.102. The van der Waals surface area contributed by atoms with Crippen molar-refractivity contribution in [2.75, 3.05) is 18.1 Å². The van der Waals surface area contributed by atoms with Gasteiger partial charge in [-0.15, -0.1) is 0 Å². The van der Waals surface area contributed by atoms with Gasteiger partial charge in [-0.2, -0.15) is 13.2 Å². The second kappa shape index (κ2) is 8.16. The number of phenols is 1. The molecule has 0 bridgehead atoms. The maximum atomic E-state index is 13.2. The fourth-order valence-corrected chi connectivity index (χ4v) is 4.35. The van der Waals surface area contributed by atoms with Gasteiger partial charge in [0, 0.05) is 17.3 Å². The second-order valence-electron chi connectivity index (χ2n) is 6.72. The average molecular weight is 558 g/mol. The number of ether oxygens (including phenoxy) is 1.